The van der Waals surface area contributed by atoms with Gasteiger partial charge in [-0.15, -0.1) is 11.3 Å². The summed E-state index contributed by atoms with van der Waals surface area (Å²) in [5.74, 6) is -2.94. The Bertz CT molecular complexity index is 1210. The van der Waals surface area contributed by atoms with E-state index in [-0.39, 0.29) is 31.1 Å². The van der Waals surface area contributed by atoms with Gasteiger partial charge >= 0.3 is 11.9 Å². The minimum absolute atomic E-state index is 0.0498. The molecule has 0 atom stereocenters. The zero-order chi connectivity index (χ0) is 21.9. The fraction of sp³-hybridized carbons (Fsp3) is 0.0526. The summed E-state index contributed by atoms with van der Waals surface area (Å²) in [4.78, 5) is 22.4. The van der Waals surface area contributed by atoms with Crippen molar-refractivity contribution in [3.8, 4) is 16.2 Å². The first-order valence-corrected chi connectivity index (χ1v) is 11.0. The van der Waals surface area contributed by atoms with Gasteiger partial charge in [-0.3, -0.25) is 4.72 Å². The molecule has 0 radical (unpaired) electrons. The Labute approximate surface area is 180 Å². The number of para-hydroxylation sites is 1. The van der Waals surface area contributed by atoms with Crippen molar-refractivity contribution in [2.75, 3.05) is 11.3 Å². The van der Waals surface area contributed by atoms with Crippen molar-refractivity contribution in [1.29, 1.82) is 0 Å². The average molecular weight is 468 g/mol. The second-order valence-electron chi connectivity index (χ2n) is 5.86. The molecule has 3 aromatic rings. The lowest BCUT2D eigenvalue weighted by molar-refractivity contribution is -0.139. The summed E-state index contributed by atoms with van der Waals surface area (Å²) in [5, 5.41) is 18.1. The van der Waals surface area contributed by atoms with Crippen LogP contribution in [0.1, 0.15) is 9.67 Å². The number of hydrogen-bond donors (Lipinski definition) is 3. The van der Waals surface area contributed by atoms with Crippen LogP contribution < -0.4 is 9.46 Å². The van der Waals surface area contributed by atoms with Crippen LogP contribution in [0.3, 0.4) is 0 Å². The van der Waals surface area contributed by atoms with Crippen molar-refractivity contribution >= 4 is 50.6 Å². The molecule has 0 amide bonds. The molecule has 0 aliphatic heterocycles. The molecule has 1 heterocycles. The number of hydrogen-bond acceptors (Lipinski definition) is 6. The Morgan fingerprint density at radius 1 is 1.03 bits per heavy atom. The van der Waals surface area contributed by atoms with Crippen LogP contribution in [0.2, 0.25) is 5.02 Å². The molecule has 0 fully saturated rings. The van der Waals surface area contributed by atoms with Crippen LogP contribution in [-0.4, -0.2) is 37.2 Å². The molecule has 0 saturated heterocycles. The van der Waals surface area contributed by atoms with Gasteiger partial charge in [0.15, 0.2) is 17.2 Å². The summed E-state index contributed by atoms with van der Waals surface area (Å²) in [5.41, 5.74) is 0.492. The smallest absolute Gasteiger partial charge is 0.349 e. The zero-order valence-corrected chi connectivity index (χ0v) is 17.4. The molecular formula is C19H14ClNO7S2. The summed E-state index contributed by atoms with van der Waals surface area (Å²) >= 11 is 7.05. The highest BCUT2D eigenvalue weighted by Crippen LogP contribution is 2.47. The molecule has 0 spiro atoms. The van der Waals surface area contributed by atoms with Gasteiger partial charge in [0, 0.05) is 5.56 Å². The van der Waals surface area contributed by atoms with E-state index in [9.17, 15) is 23.1 Å². The van der Waals surface area contributed by atoms with Crippen molar-refractivity contribution in [2.24, 2.45) is 0 Å². The maximum Gasteiger partial charge on any atom is 0.349 e. The van der Waals surface area contributed by atoms with E-state index in [2.05, 4.69) is 4.72 Å². The van der Waals surface area contributed by atoms with E-state index >= 15 is 0 Å². The lowest BCUT2D eigenvalue weighted by atomic mass is 10.1. The monoisotopic (exact) mass is 467 g/mol. The second-order valence-corrected chi connectivity index (χ2v) is 8.94. The van der Waals surface area contributed by atoms with E-state index in [0.717, 1.165) is 11.3 Å². The van der Waals surface area contributed by atoms with Crippen LogP contribution >= 0.6 is 22.9 Å². The molecule has 3 rings (SSSR count). The minimum Gasteiger partial charge on any atom is -0.479 e. The highest BCUT2D eigenvalue weighted by atomic mass is 35.5. The molecule has 11 heteroatoms. The third kappa shape index (κ3) is 4.56. The van der Waals surface area contributed by atoms with E-state index in [1.165, 1.54) is 18.2 Å². The fourth-order valence-electron chi connectivity index (χ4n) is 2.55. The van der Waals surface area contributed by atoms with Crippen LogP contribution in [0, 0.1) is 0 Å². The Balaban J connectivity index is 2.07. The first-order valence-electron chi connectivity index (χ1n) is 8.28. The zero-order valence-electron chi connectivity index (χ0n) is 15.0. The SMILES string of the molecule is O=C(O)COc1c(C(=O)O)sc(-c2ccccc2NS(=O)(=O)c2ccccc2)c1Cl. The molecule has 156 valence electrons. The number of carbonyl (C=O) groups is 2. The third-order valence-electron chi connectivity index (χ3n) is 3.81. The first-order chi connectivity index (χ1) is 14.2. The second kappa shape index (κ2) is 8.74. The van der Waals surface area contributed by atoms with Crippen molar-refractivity contribution in [2.45, 2.75) is 4.90 Å². The average Bonchev–Trinajstić information content (AvgIpc) is 3.03. The van der Waals surface area contributed by atoms with Crippen molar-refractivity contribution in [3.63, 3.8) is 0 Å². The first kappa shape index (κ1) is 21.6. The maximum absolute atomic E-state index is 12.7. The number of halogens is 1. The molecule has 0 unspecified atom stereocenters. The highest BCUT2D eigenvalue weighted by Gasteiger charge is 2.26. The van der Waals surface area contributed by atoms with Crippen molar-refractivity contribution in [3.05, 3.63) is 64.5 Å². The van der Waals surface area contributed by atoms with Crippen LogP contribution in [0.15, 0.2) is 59.5 Å². The van der Waals surface area contributed by atoms with E-state index in [0.29, 0.717) is 5.56 Å². The van der Waals surface area contributed by atoms with Gasteiger partial charge in [-0.2, -0.15) is 0 Å². The topological polar surface area (TPSA) is 130 Å². The Morgan fingerprint density at radius 3 is 2.30 bits per heavy atom. The lowest BCUT2D eigenvalue weighted by Crippen LogP contribution is -2.13. The largest absolute Gasteiger partial charge is 0.479 e. The van der Waals surface area contributed by atoms with E-state index < -0.39 is 28.6 Å². The summed E-state index contributed by atoms with van der Waals surface area (Å²) in [6.45, 7) is -0.779. The minimum atomic E-state index is -3.91. The quantitative estimate of drug-likeness (QED) is 0.456. The Kier molecular flexibility index (Phi) is 6.30. The predicted octanol–water partition coefficient (Wildman–Crippen LogP) is 4.03. The van der Waals surface area contributed by atoms with Crippen molar-refractivity contribution in [1.82, 2.24) is 0 Å². The van der Waals surface area contributed by atoms with Gasteiger partial charge in [0.1, 0.15) is 5.02 Å². The molecule has 1 aromatic heterocycles. The van der Waals surface area contributed by atoms with Crippen molar-refractivity contribution < 1.29 is 33.0 Å². The van der Waals surface area contributed by atoms with E-state index in [4.69, 9.17) is 21.4 Å². The van der Waals surface area contributed by atoms with Crippen LogP contribution in [0.5, 0.6) is 5.75 Å². The molecule has 2 aromatic carbocycles. The fourth-order valence-corrected chi connectivity index (χ4v) is 5.09. The lowest BCUT2D eigenvalue weighted by Gasteiger charge is -2.12. The Morgan fingerprint density at radius 2 is 1.67 bits per heavy atom. The number of sulfonamides is 1. The third-order valence-corrected chi connectivity index (χ3v) is 6.86. The predicted molar refractivity (Wildman–Crippen MR) is 112 cm³/mol. The molecule has 8 nitrogen and oxygen atoms in total. The summed E-state index contributed by atoms with van der Waals surface area (Å²) in [6, 6.07) is 14.0. The summed E-state index contributed by atoms with van der Waals surface area (Å²) in [7, 11) is -3.91. The molecular weight excluding hydrogens is 454 g/mol. The standard InChI is InChI=1S/C19H14ClNO7S2/c20-15-16(28-10-14(22)23)18(19(24)25)29-17(15)12-8-4-5-9-13(12)21-30(26,27)11-6-2-1-3-7-11/h1-9,21H,10H2,(H,22,23)(H,24,25). The number of carboxylic acid groups (broad SMARTS) is 2. The van der Waals surface area contributed by atoms with Gasteiger partial charge in [0.2, 0.25) is 0 Å². The summed E-state index contributed by atoms with van der Waals surface area (Å²) < 4.78 is 32.9. The van der Waals surface area contributed by atoms with Crippen LogP contribution in [0.4, 0.5) is 5.69 Å². The number of aromatic carboxylic acids is 1. The molecule has 0 saturated carbocycles. The number of carboxylic acids is 2. The van der Waals surface area contributed by atoms with Crippen LogP contribution in [-0.2, 0) is 14.8 Å². The van der Waals surface area contributed by atoms with E-state index in [1.54, 1.807) is 36.4 Å². The molecule has 0 aliphatic carbocycles. The molecule has 30 heavy (non-hydrogen) atoms. The number of anilines is 1. The van der Waals surface area contributed by atoms with Crippen LogP contribution in [0.25, 0.3) is 10.4 Å². The molecule has 0 bridgehead atoms. The highest BCUT2D eigenvalue weighted by molar-refractivity contribution is 7.92. The number of nitrogens with one attached hydrogen (secondary N) is 1. The van der Waals surface area contributed by atoms with Gasteiger partial charge in [-0.05, 0) is 18.2 Å². The van der Waals surface area contributed by atoms with E-state index in [1.807, 2.05) is 0 Å². The summed E-state index contributed by atoms with van der Waals surface area (Å²) in [6.07, 6.45) is 0. The van der Waals surface area contributed by atoms with Gasteiger partial charge in [-0.1, -0.05) is 48.0 Å². The Hall–Kier alpha value is -3.08. The number of benzene rings is 2. The van der Waals surface area contributed by atoms with Gasteiger partial charge in [0.05, 0.1) is 15.5 Å². The van der Waals surface area contributed by atoms with Gasteiger partial charge in [0.25, 0.3) is 10.0 Å². The number of aliphatic carboxylic acids is 1. The molecule has 0 aliphatic rings. The number of rotatable bonds is 8. The number of ether oxygens (including phenoxy) is 1. The van der Waals surface area contributed by atoms with Gasteiger partial charge in [-0.25, -0.2) is 18.0 Å². The number of thiophene rings is 1. The van der Waals surface area contributed by atoms with Gasteiger partial charge < -0.3 is 14.9 Å². The normalized spacial score (nSPS) is 11.1. The maximum atomic E-state index is 12.7. The molecule has 3 N–H and O–H groups in total.